The summed E-state index contributed by atoms with van der Waals surface area (Å²) in [6.07, 6.45) is 7.43. The molecule has 1 saturated carbocycles. The Kier molecular flexibility index (Phi) is 2.93. The van der Waals surface area contributed by atoms with Crippen molar-refractivity contribution in [2.75, 3.05) is 18.0 Å². The third-order valence-corrected chi connectivity index (χ3v) is 3.46. The molecule has 3 rings (SSSR count). The van der Waals surface area contributed by atoms with Crippen LogP contribution in [0.3, 0.4) is 0 Å². The van der Waals surface area contributed by atoms with Gasteiger partial charge >= 0.3 is 0 Å². The first-order chi connectivity index (χ1) is 8.33. The van der Waals surface area contributed by atoms with Crippen molar-refractivity contribution < 1.29 is 4.39 Å². The molecule has 4 nitrogen and oxygen atoms in total. The highest BCUT2D eigenvalue weighted by molar-refractivity contribution is 5.32. The van der Waals surface area contributed by atoms with E-state index in [1.54, 1.807) is 0 Å². The molecule has 1 aliphatic heterocycles. The van der Waals surface area contributed by atoms with Crippen molar-refractivity contribution in [1.29, 1.82) is 0 Å². The minimum atomic E-state index is -0.374. The normalized spacial score (nSPS) is 24.3. The van der Waals surface area contributed by atoms with Gasteiger partial charge in [0.2, 0.25) is 5.95 Å². The second-order valence-electron chi connectivity index (χ2n) is 4.87. The number of aromatic nitrogens is 2. The summed E-state index contributed by atoms with van der Waals surface area (Å²) >= 11 is 0. The Morgan fingerprint density at radius 1 is 1.29 bits per heavy atom. The molecule has 1 saturated heterocycles. The number of halogens is 1. The van der Waals surface area contributed by atoms with E-state index in [2.05, 4.69) is 20.2 Å². The van der Waals surface area contributed by atoms with Crippen molar-refractivity contribution in [3.63, 3.8) is 0 Å². The van der Waals surface area contributed by atoms with Crippen LogP contribution < -0.4 is 10.2 Å². The first-order valence-corrected chi connectivity index (χ1v) is 6.30. The highest BCUT2D eigenvalue weighted by Crippen LogP contribution is 2.23. The third kappa shape index (κ3) is 2.54. The zero-order chi connectivity index (χ0) is 11.7. The monoisotopic (exact) mass is 236 g/mol. The molecule has 5 heteroatoms. The second-order valence-corrected chi connectivity index (χ2v) is 4.87. The molecule has 0 aromatic carbocycles. The second kappa shape index (κ2) is 4.56. The molecule has 0 radical (unpaired) electrons. The third-order valence-electron chi connectivity index (χ3n) is 3.46. The molecule has 1 atom stereocenters. The summed E-state index contributed by atoms with van der Waals surface area (Å²) in [6.45, 7) is 1.97. The van der Waals surface area contributed by atoms with E-state index in [1.807, 2.05) is 0 Å². The summed E-state index contributed by atoms with van der Waals surface area (Å²) in [6, 6.07) is 1.19. The maximum absolute atomic E-state index is 12.8. The van der Waals surface area contributed by atoms with Crippen LogP contribution in [-0.2, 0) is 0 Å². The van der Waals surface area contributed by atoms with E-state index in [4.69, 9.17) is 0 Å². The Hall–Kier alpha value is -1.23. The molecule has 2 heterocycles. The largest absolute Gasteiger partial charge is 0.337 e. The molecule has 1 aliphatic carbocycles. The van der Waals surface area contributed by atoms with Crippen molar-refractivity contribution in [2.24, 2.45) is 0 Å². The smallest absolute Gasteiger partial charge is 0.225 e. The van der Waals surface area contributed by atoms with E-state index in [1.165, 1.54) is 31.7 Å². The Morgan fingerprint density at radius 2 is 2.06 bits per heavy atom. The lowest BCUT2D eigenvalue weighted by Gasteiger charge is -2.24. The van der Waals surface area contributed by atoms with Gasteiger partial charge in [0.15, 0.2) is 5.82 Å². The molecular formula is C12H17FN4. The number of nitrogens with zero attached hydrogens (tertiary/aromatic N) is 3. The van der Waals surface area contributed by atoms with Gasteiger partial charge in [-0.2, -0.15) is 0 Å². The number of rotatable bonds is 4. The van der Waals surface area contributed by atoms with Crippen LogP contribution in [0.1, 0.15) is 25.7 Å². The Labute approximate surface area is 100 Å². The topological polar surface area (TPSA) is 41.1 Å². The lowest BCUT2D eigenvalue weighted by atomic mass is 10.2. The van der Waals surface area contributed by atoms with Crippen molar-refractivity contribution >= 4 is 5.95 Å². The van der Waals surface area contributed by atoms with Gasteiger partial charge in [-0.1, -0.05) is 0 Å². The molecule has 1 unspecified atom stereocenters. The molecule has 1 aromatic heterocycles. The van der Waals surface area contributed by atoms with Crippen LogP contribution in [0.4, 0.5) is 10.3 Å². The Bertz CT molecular complexity index is 377. The molecule has 0 spiro atoms. The maximum atomic E-state index is 12.8. The zero-order valence-electron chi connectivity index (χ0n) is 9.77. The van der Waals surface area contributed by atoms with Crippen LogP contribution in [0.25, 0.3) is 0 Å². The van der Waals surface area contributed by atoms with E-state index >= 15 is 0 Å². The van der Waals surface area contributed by atoms with Crippen LogP contribution in [-0.4, -0.2) is 35.1 Å². The summed E-state index contributed by atoms with van der Waals surface area (Å²) in [7, 11) is 0. The fourth-order valence-corrected chi connectivity index (χ4v) is 2.36. The van der Waals surface area contributed by atoms with Gasteiger partial charge in [-0.25, -0.2) is 14.4 Å². The molecule has 92 valence electrons. The Morgan fingerprint density at radius 3 is 2.76 bits per heavy atom. The van der Waals surface area contributed by atoms with Gasteiger partial charge < -0.3 is 10.2 Å². The standard InChI is InChI=1S/C12H17FN4/c13-9-6-15-12(16-7-9)17-5-1-2-11(17)8-14-10-3-4-10/h6-7,10-11,14H,1-5,8H2. The zero-order valence-corrected chi connectivity index (χ0v) is 9.77. The van der Waals surface area contributed by atoms with Gasteiger partial charge in [0.1, 0.15) is 0 Å². The average molecular weight is 236 g/mol. The van der Waals surface area contributed by atoms with Gasteiger partial charge in [-0.3, -0.25) is 0 Å². The summed E-state index contributed by atoms with van der Waals surface area (Å²) in [5, 5.41) is 3.54. The van der Waals surface area contributed by atoms with Crippen molar-refractivity contribution in [2.45, 2.75) is 37.8 Å². The molecule has 2 fully saturated rings. The quantitative estimate of drug-likeness (QED) is 0.856. The molecule has 1 N–H and O–H groups in total. The van der Waals surface area contributed by atoms with Crippen molar-refractivity contribution in [3.8, 4) is 0 Å². The van der Waals surface area contributed by atoms with Crippen LogP contribution in [0, 0.1) is 5.82 Å². The molecular weight excluding hydrogens is 219 g/mol. The van der Waals surface area contributed by atoms with Crippen molar-refractivity contribution in [3.05, 3.63) is 18.2 Å². The predicted octanol–water partition coefficient (Wildman–Crippen LogP) is 1.34. The van der Waals surface area contributed by atoms with Gasteiger partial charge in [0, 0.05) is 25.2 Å². The van der Waals surface area contributed by atoms with Gasteiger partial charge in [0.05, 0.1) is 12.4 Å². The van der Waals surface area contributed by atoms with Crippen LogP contribution in [0.5, 0.6) is 0 Å². The lowest BCUT2D eigenvalue weighted by Crippen LogP contribution is -2.39. The molecule has 2 aliphatic rings. The SMILES string of the molecule is Fc1cnc(N2CCCC2CNC2CC2)nc1. The minimum absolute atomic E-state index is 0.374. The maximum Gasteiger partial charge on any atom is 0.225 e. The van der Waals surface area contributed by atoms with E-state index < -0.39 is 0 Å². The molecule has 1 aromatic rings. The summed E-state index contributed by atoms with van der Waals surface area (Å²) in [5.41, 5.74) is 0. The lowest BCUT2D eigenvalue weighted by molar-refractivity contribution is 0.562. The summed E-state index contributed by atoms with van der Waals surface area (Å²) in [4.78, 5) is 10.3. The van der Waals surface area contributed by atoms with Gasteiger partial charge in [0.25, 0.3) is 0 Å². The van der Waals surface area contributed by atoms with Crippen LogP contribution in [0.2, 0.25) is 0 Å². The predicted molar refractivity (Wildman–Crippen MR) is 63.4 cm³/mol. The first-order valence-electron chi connectivity index (χ1n) is 6.30. The van der Waals surface area contributed by atoms with Gasteiger partial charge in [-0.05, 0) is 25.7 Å². The Balaban J connectivity index is 1.65. The van der Waals surface area contributed by atoms with Gasteiger partial charge in [-0.15, -0.1) is 0 Å². The summed E-state index contributed by atoms with van der Waals surface area (Å²) in [5.74, 6) is 0.284. The fourth-order valence-electron chi connectivity index (χ4n) is 2.36. The highest BCUT2D eigenvalue weighted by atomic mass is 19.1. The first kappa shape index (κ1) is 10.9. The number of hydrogen-bond acceptors (Lipinski definition) is 4. The number of nitrogens with one attached hydrogen (secondary N) is 1. The van der Waals surface area contributed by atoms with Crippen LogP contribution in [0.15, 0.2) is 12.4 Å². The minimum Gasteiger partial charge on any atom is -0.337 e. The average Bonchev–Trinajstić information content (AvgIpc) is 3.06. The van der Waals surface area contributed by atoms with Crippen LogP contribution >= 0.6 is 0 Å². The van der Waals surface area contributed by atoms with E-state index in [-0.39, 0.29) is 5.82 Å². The molecule has 17 heavy (non-hydrogen) atoms. The molecule has 0 amide bonds. The number of anilines is 1. The van der Waals surface area contributed by atoms with E-state index in [9.17, 15) is 4.39 Å². The van der Waals surface area contributed by atoms with E-state index in [0.29, 0.717) is 12.0 Å². The summed E-state index contributed by atoms with van der Waals surface area (Å²) < 4.78 is 12.8. The molecule has 0 bridgehead atoms. The van der Waals surface area contributed by atoms with E-state index in [0.717, 1.165) is 25.6 Å². The van der Waals surface area contributed by atoms with Crippen molar-refractivity contribution in [1.82, 2.24) is 15.3 Å². The number of hydrogen-bond donors (Lipinski definition) is 1. The fraction of sp³-hybridized carbons (Fsp3) is 0.667. The highest BCUT2D eigenvalue weighted by Gasteiger charge is 2.29.